The average Bonchev–Trinajstić information content (AvgIpc) is 3.48. The van der Waals surface area contributed by atoms with Crippen LogP contribution in [0.3, 0.4) is 0 Å². The number of benzene rings is 1. The predicted octanol–water partition coefficient (Wildman–Crippen LogP) is 2.81. The number of anilines is 1. The number of amides is 2. The normalized spacial score (nSPS) is 14.0. The van der Waals surface area contributed by atoms with Gasteiger partial charge in [-0.3, -0.25) is 9.59 Å². The number of furan rings is 1. The number of aryl methyl sites for hydroxylation is 1. The Morgan fingerprint density at radius 1 is 1.16 bits per heavy atom. The minimum atomic E-state index is -0.0820. The first-order valence-electron chi connectivity index (χ1n) is 9.95. The lowest BCUT2D eigenvalue weighted by Crippen LogP contribution is -2.48. The molecule has 1 aliphatic heterocycles. The Balaban J connectivity index is 1.23. The third kappa shape index (κ3) is 5.65. The van der Waals surface area contributed by atoms with Gasteiger partial charge in [0, 0.05) is 31.7 Å². The molecule has 0 atom stereocenters. The van der Waals surface area contributed by atoms with E-state index in [2.05, 4.69) is 20.4 Å². The van der Waals surface area contributed by atoms with Crippen molar-refractivity contribution in [1.82, 2.24) is 20.4 Å². The smallest absolute Gasteiger partial charge is 0.253 e. The molecule has 0 radical (unpaired) electrons. The van der Waals surface area contributed by atoms with Crippen molar-refractivity contribution in [3.8, 4) is 0 Å². The number of nitrogens with one attached hydrogen (secondary N) is 1. The number of carbonyl (C=O) groups is 2. The lowest BCUT2D eigenvalue weighted by molar-refractivity contribution is -0.118. The summed E-state index contributed by atoms with van der Waals surface area (Å²) in [5.41, 5.74) is 1.81. The van der Waals surface area contributed by atoms with E-state index in [0.717, 1.165) is 26.4 Å². The van der Waals surface area contributed by atoms with E-state index in [0.29, 0.717) is 32.7 Å². The molecule has 2 aromatic heterocycles. The van der Waals surface area contributed by atoms with Crippen LogP contribution in [0.25, 0.3) is 0 Å². The minimum absolute atomic E-state index is 0.0671. The number of carbonyl (C=O) groups excluding carboxylic acids is 2. The van der Waals surface area contributed by atoms with E-state index in [4.69, 9.17) is 4.42 Å². The van der Waals surface area contributed by atoms with Crippen LogP contribution in [0.1, 0.15) is 21.7 Å². The SMILES string of the molecule is Cc1cccc(C(=O)N2CCN(c3nnc(SCC(=O)NCc4ccco4)s3)CC2)c1. The Kier molecular flexibility index (Phi) is 6.88. The summed E-state index contributed by atoms with van der Waals surface area (Å²) in [6.07, 6.45) is 1.58. The first-order chi connectivity index (χ1) is 15.1. The number of hydrogen-bond acceptors (Lipinski definition) is 8. The highest BCUT2D eigenvalue weighted by atomic mass is 32.2. The van der Waals surface area contributed by atoms with Crippen molar-refractivity contribution in [2.75, 3.05) is 36.8 Å². The minimum Gasteiger partial charge on any atom is -0.467 e. The summed E-state index contributed by atoms with van der Waals surface area (Å²) in [5.74, 6) is 0.976. The first-order valence-corrected chi connectivity index (χ1v) is 11.7. The quantitative estimate of drug-likeness (QED) is 0.546. The molecule has 0 unspecified atom stereocenters. The highest BCUT2D eigenvalue weighted by Crippen LogP contribution is 2.28. The molecular weight excluding hydrogens is 434 g/mol. The molecule has 1 aromatic carbocycles. The van der Waals surface area contributed by atoms with Gasteiger partial charge in [-0.2, -0.15) is 0 Å². The van der Waals surface area contributed by atoms with Crippen molar-refractivity contribution < 1.29 is 14.0 Å². The molecule has 31 heavy (non-hydrogen) atoms. The highest BCUT2D eigenvalue weighted by molar-refractivity contribution is 8.01. The van der Waals surface area contributed by atoms with E-state index in [1.54, 1.807) is 12.3 Å². The molecule has 1 saturated heterocycles. The van der Waals surface area contributed by atoms with E-state index in [1.165, 1.54) is 23.1 Å². The van der Waals surface area contributed by atoms with E-state index < -0.39 is 0 Å². The molecule has 4 rings (SSSR count). The predicted molar refractivity (Wildman–Crippen MR) is 120 cm³/mol. The summed E-state index contributed by atoms with van der Waals surface area (Å²) < 4.78 is 5.95. The van der Waals surface area contributed by atoms with Crippen LogP contribution >= 0.6 is 23.1 Å². The number of rotatable bonds is 7. The van der Waals surface area contributed by atoms with Crippen LogP contribution in [-0.2, 0) is 11.3 Å². The fourth-order valence-corrected chi connectivity index (χ4v) is 4.95. The second-order valence-corrected chi connectivity index (χ2v) is 9.32. The zero-order valence-electron chi connectivity index (χ0n) is 17.1. The fraction of sp³-hybridized carbons (Fsp3) is 0.333. The van der Waals surface area contributed by atoms with Crippen molar-refractivity contribution in [3.05, 3.63) is 59.5 Å². The van der Waals surface area contributed by atoms with Crippen LogP contribution in [0.5, 0.6) is 0 Å². The average molecular weight is 458 g/mol. The Bertz CT molecular complexity index is 1030. The molecule has 0 bridgehead atoms. The van der Waals surface area contributed by atoms with Gasteiger partial charge in [-0.1, -0.05) is 40.8 Å². The van der Waals surface area contributed by atoms with E-state index in [1.807, 2.05) is 42.2 Å². The maximum Gasteiger partial charge on any atom is 0.253 e. The van der Waals surface area contributed by atoms with E-state index >= 15 is 0 Å². The molecule has 1 fully saturated rings. The zero-order chi connectivity index (χ0) is 21.6. The molecule has 0 saturated carbocycles. The van der Waals surface area contributed by atoms with Gasteiger partial charge in [0.25, 0.3) is 5.91 Å². The summed E-state index contributed by atoms with van der Waals surface area (Å²) in [6, 6.07) is 11.3. The molecule has 0 aliphatic carbocycles. The van der Waals surface area contributed by atoms with Crippen molar-refractivity contribution in [3.63, 3.8) is 0 Å². The van der Waals surface area contributed by atoms with Gasteiger partial charge in [0.1, 0.15) is 5.76 Å². The van der Waals surface area contributed by atoms with Gasteiger partial charge >= 0.3 is 0 Å². The van der Waals surface area contributed by atoms with Crippen molar-refractivity contribution in [2.45, 2.75) is 17.8 Å². The molecule has 0 spiro atoms. The summed E-state index contributed by atoms with van der Waals surface area (Å²) >= 11 is 2.84. The number of thioether (sulfide) groups is 1. The monoisotopic (exact) mass is 457 g/mol. The van der Waals surface area contributed by atoms with Crippen molar-refractivity contribution >= 4 is 40.0 Å². The third-order valence-corrected chi connectivity index (χ3v) is 6.98. The highest BCUT2D eigenvalue weighted by Gasteiger charge is 2.24. The standard InChI is InChI=1S/C21H23N5O3S2/c1-15-4-2-5-16(12-15)19(28)25-7-9-26(10-8-25)20-23-24-21(31-20)30-14-18(27)22-13-17-6-3-11-29-17/h2-6,11-12H,7-10,13-14H2,1H3,(H,22,27). The Labute approximate surface area is 188 Å². The second kappa shape index (κ2) is 9.97. The molecule has 162 valence electrons. The molecule has 10 heteroatoms. The van der Waals surface area contributed by atoms with Gasteiger partial charge in [0.15, 0.2) is 4.34 Å². The molecule has 2 amide bonds. The van der Waals surface area contributed by atoms with Gasteiger partial charge in [0.2, 0.25) is 11.0 Å². The molecule has 3 heterocycles. The van der Waals surface area contributed by atoms with Gasteiger partial charge < -0.3 is 19.5 Å². The van der Waals surface area contributed by atoms with Crippen LogP contribution in [-0.4, -0.2) is 58.8 Å². The van der Waals surface area contributed by atoms with Crippen LogP contribution in [0.4, 0.5) is 5.13 Å². The summed E-state index contributed by atoms with van der Waals surface area (Å²) in [4.78, 5) is 28.7. The maximum atomic E-state index is 12.7. The number of piperazine rings is 1. The molecule has 8 nitrogen and oxygen atoms in total. The van der Waals surface area contributed by atoms with Crippen LogP contribution in [0.2, 0.25) is 0 Å². The van der Waals surface area contributed by atoms with E-state index in [9.17, 15) is 9.59 Å². The fourth-order valence-electron chi connectivity index (χ4n) is 3.23. The second-order valence-electron chi connectivity index (χ2n) is 7.14. The summed E-state index contributed by atoms with van der Waals surface area (Å²) in [6.45, 7) is 5.07. The number of aromatic nitrogens is 2. The van der Waals surface area contributed by atoms with Gasteiger partial charge in [-0.15, -0.1) is 10.2 Å². The Hall–Kier alpha value is -2.85. The van der Waals surface area contributed by atoms with Gasteiger partial charge in [-0.05, 0) is 31.2 Å². The van der Waals surface area contributed by atoms with Crippen molar-refractivity contribution in [2.24, 2.45) is 0 Å². The number of hydrogen-bond donors (Lipinski definition) is 1. The van der Waals surface area contributed by atoms with Gasteiger partial charge in [-0.25, -0.2) is 0 Å². The molecule has 1 N–H and O–H groups in total. The Morgan fingerprint density at radius 3 is 2.74 bits per heavy atom. The van der Waals surface area contributed by atoms with Crippen molar-refractivity contribution in [1.29, 1.82) is 0 Å². The first kappa shape index (κ1) is 21.4. The zero-order valence-corrected chi connectivity index (χ0v) is 18.7. The third-order valence-electron chi connectivity index (χ3n) is 4.86. The maximum absolute atomic E-state index is 12.7. The largest absolute Gasteiger partial charge is 0.467 e. The van der Waals surface area contributed by atoms with Crippen LogP contribution in [0, 0.1) is 6.92 Å². The lowest BCUT2D eigenvalue weighted by Gasteiger charge is -2.34. The molecule has 3 aromatic rings. The van der Waals surface area contributed by atoms with Crippen LogP contribution < -0.4 is 10.2 Å². The molecule has 1 aliphatic rings. The van der Waals surface area contributed by atoms with Crippen LogP contribution in [0.15, 0.2) is 51.4 Å². The number of nitrogens with zero attached hydrogens (tertiary/aromatic N) is 4. The topological polar surface area (TPSA) is 91.6 Å². The Morgan fingerprint density at radius 2 is 2.00 bits per heavy atom. The lowest BCUT2D eigenvalue weighted by atomic mass is 10.1. The molecular formula is C21H23N5O3S2. The van der Waals surface area contributed by atoms with Gasteiger partial charge in [0.05, 0.1) is 18.6 Å². The summed E-state index contributed by atoms with van der Waals surface area (Å²) in [5, 5.41) is 12.1. The van der Waals surface area contributed by atoms with E-state index in [-0.39, 0.29) is 17.6 Å². The summed E-state index contributed by atoms with van der Waals surface area (Å²) in [7, 11) is 0.